The zero-order valence-corrected chi connectivity index (χ0v) is 11.9. The molecule has 108 valence electrons. The molecule has 3 rings (SSSR count). The van der Waals surface area contributed by atoms with Crippen molar-refractivity contribution in [1.29, 1.82) is 0 Å². The van der Waals surface area contributed by atoms with Crippen LogP contribution < -0.4 is 0 Å². The number of rotatable bonds is 4. The van der Waals surface area contributed by atoms with Crippen molar-refractivity contribution in [2.75, 3.05) is 6.54 Å². The van der Waals surface area contributed by atoms with E-state index in [-0.39, 0.29) is 18.5 Å². The molecule has 0 radical (unpaired) electrons. The van der Waals surface area contributed by atoms with Crippen molar-refractivity contribution >= 4 is 34.2 Å². The first-order valence-corrected chi connectivity index (χ1v) is 7.01. The Morgan fingerprint density at radius 2 is 1.95 bits per heavy atom. The van der Waals surface area contributed by atoms with Gasteiger partial charge in [0.15, 0.2) is 0 Å². The number of halogens is 1. The van der Waals surface area contributed by atoms with Crippen LogP contribution in [0.25, 0.3) is 10.8 Å². The van der Waals surface area contributed by atoms with Crippen LogP contribution >= 0.6 is 11.6 Å². The van der Waals surface area contributed by atoms with Gasteiger partial charge in [0.2, 0.25) is 0 Å². The molecule has 0 spiro atoms. The number of carboxylic acid groups (broad SMARTS) is 1. The van der Waals surface area contributed by atoms with Crippen molar-refractivity contribution in [2.24, 2.45) is 0 Å². The molecule has 21 heavy (non-hydrogen) atoms. The minimum Gasteiger partial charge on any atom is -0.480 e. The lowest BCUT2D eigenvalue weighted by Gasteiger charge is -2.21. The SMILES string of the molecule is O=C(O)CN(C(=O)c1cnc(Cl)c2ccccc12)C1CC1. The molecule has 1 aromatic heterocycles. The molecule has 2 aromatic rings. The van der Waals surface area contributed by atoms with Crippen LogP contribution in [0.5, 0.6) is 0 Å². The summed E-state index contributed by atoms with van der Waals surface area (Å²) >= 11 is 6.04. The standard InChI is InChI=1S/C15H13ClN2O3/c16-14-11-4-2-1-3-10(11)12(7-17-14)15(21)18(8-13(19)20)9-5-6-9/h1-4,7,9H,5-6,8H2,(H,19,20). The summed E-state index contributed by atoms with van der Waals surface area (Å²) in [4.78, 5) is 29.1. The largest absolute Gasteiger partial charge is 0.480 e. The van der Waals surface area contributed by atoms with Gasteiger partial charge in [0.05, 0.1) is 5.56 Å². The number of carboxylic acids is 1. The van der Waals surface area contributed by atoms with E-state index in [2.05, 4.69) is 4.98 Å². The van der Waals surface area contributed by atoms with E-state index in [4.69, 9.17) is 16.7 Å². The molecular formula is C15H13ClN2O3. The summed E-state index contributed by atoms with van der Waals surface area (Å²) in [5.41, 5.74) is 0.392. The number of pyridine rings is 1. The van der Waals surface area contributed by atoms with Crippen LogP contribution in [0.2, 0.25) is 5.15 Å². The number of fused-ring (bicyclic) bond motifs is 1. The van der Waals surface area contributed by atoms with Crippen molar-refractivity contribution in [2.45, 2.75) is 18.9 Å². The Kier molecular flexibility index (Phi) is 3.51. The Balaban J connectivity index is 2.04. The number of carbonyl (C=O) groups is 2. The molecule has 1 aliphatic rings. The lowest BCUT2D eigenvalue weighted by molar-refractivity contribution is -0.137. The first-order chi connectivity index (χ1) is 10.1. The van der Waals surface area contributed by atoms with Gasteiger partial charge >= 0.3 is 5.97 Å². The predicted molar refractivity (Wildman–Crippen MR) is 78.4 cm³/mol. The maximum absolute atomic E-state index is 12.7. The van der Waals surface area contributed by atoms with Gasteiger partial charge in [0, 0.05) is 17.6 Å². The molecule has 0 bridgehead atoms. The Bertz CT molecular complexity index is 728. The number of amides is 1. The maximum atomic E-state index is 12.7. The molecule has 0 saturated heterocycles. The number of carbonyl (C=O) groups excluding carboxylic acids is 1. The van der Waals surface area contributed by atoms with Gasteiger partial charge in [-0.1, -0.05) is 35.9 Å². The monoisotopic (exact) mass is 304 g/mol. The van der Waals surface area contributed by atoms with E-state index < -0.39 is 5.97 Å². The summed E-state index contributed by atoms with van der Waals surface area (Å²) in [6, 6.07) is 7.24. The third-order valence-electron chi connectivity index (χ3n) is 3.53. The highest BCUT2D eigenvalue weighted by molar-refractivity contribution is 6.34. The van der Waals surface area contributed by atoms with Gasteiger partial charge in [0.1, 0.15) is 11.7 Å². The molecule has 1 aliphatic carbocycles. The molecule has 1 aromatic carbocycles. The minimum atomic E-state index is -1.01. The van der Waals surface area contributed by atoms with Crippen LogP contribution in [0.4, 0.5) is 0 Å². The van der Waals surface area contributed by atoms with Crippen molar-refractivity contribution in [3.05, 3.63) is 41.2 Å². The van der Waals surface area contributed by atoms with Crippen LogP contribution in [0.1, 0.15) is 23.2 Å². The molecule has 0 atom stereocenters. The van der Waals surface area contributed by atoms with Gasteiger partial charge in [0.25, 0.3) is 5.91 Å². The summed E-state index contributed by atoms with van der Waals surface area (Å²) in [7, 11) is 0. The van der Waals surface area contributed by atoms with Crippen LogP contribution in [0.3, 0.4) is 0 Å². The second-order valence-electron chi connectivity index (χ2n) is 5.07. The predicted octanol–water partition coefficient (Wildman–Crippen LogP) is 2.58. The van der Waals surface area contributed by atoms with E-state index in [9.17, 15) is 9.59 Å². The first-order valence-electron chi connectivity index (χ1n) is 6.64. The molecule has 1 saturated carbocycles. The third-order valence-corrected chi connectivity index (χ3v) is 3.83. The molecule has 0 unspecified atom stereocenters. The van der Waals surface area contributed by atoms with Gasteiger partial charge in [-0.3, -0.25) is 9.59 Å². The molecular weight excluding hydrogens is 292 g/mol. The van der Waals surface area contributed by atoms with Crippen LogP contribution in [-0.4, -0.2) is 39.5 Å². The summed E-state index contributed by atoms with van der Waals surface area (Å²) in [6.45, 7) is -0.291. The van der Waals surface area contributed by atoms with Gasteiger partial charge in [-0.05, 0) is 18.2 Å². The van der Waals surface area contributed by atoms with E-state index >= 15 is 0 Å². The fourth-order valence-electron chi connectivity index (χ4n) is 2.38. The number of benzene rings is 1. The zero-order valence-electron chi connectivity index (χ0n) is 11.1. The molecule has 1 amide bonds. The number of nitrogens with zero attached hydrogens (tertiary/aromatic N) is 2. The average Bonchev–Trinajstić information content (AvgIpc) is 3.29. The van der Waals surface area contributed by atoms with Gasteiger partial charge in [-0.2, -0.15) is 0 Å². The summed E-state index contributed by atoms with van der Waals surface area (Å²) in [5.74, 6) is -1.32. The number of hydrogen-bond acceptors (Lipinski definition) is 3. The summed E-state index contributed by atoms with van der Waals surface area (Å²) in [5, 5.41) is 10.7. The second kappa shape index (κ2) is 5.33. The number of aromatic nitrogens is 1. The summed E-state index contributed by atoms with van der Waals surface area (Å²) < 4.78 is 0. The number of aliphatic carboxylic acids is 1. The molecule has 6 heteroatoms. The molecule has 5 nitrogen and oxygen atoms in total. The lowest BCUT2D eigenvalue weighted by atomic mass is 10.1. The van der Waals surface area contributed by atoms with Crippen molar-refractivity contribution < 1.29 is 14.7 Å². The smallest absolute Gasteiger partial charge is 0.323 e. The first kappa shape index (κ1) is 13.8. The highest BCUT2D eigenvalue weighted by Gasteiger charge is 2.35. The van der Waals surface area contributed by atoms with E-state index in [1.807, 2.05) is 12.1 Å². The van der Waals surface area contributed by atoms with Gasteiger partial charge < -0.3 is 10.0 Å². The Morgan fingerprint density at radius 3 is 2.57 bits per heavy atom. The fourth-order valence-corrected chi connectivity index (χ4v) is 2.60. The van der Waals surface area contributed by atoms with E-state index in [1.165, 1.54) is 11.1 Å². The highest BCUT2D eigenvalue weighted by atomic mass is 35.5. The minimum absolute atomic E-state index is 0.0167. The molecule has 1 fully saturated rings. The molecule has 1 heterocycles. The number of hydrogen-bond donors (Lipinski definition) is 1. The van der Waals surface area contributed by atoms with E-state index in [0.717, 1.165) is 12.8 Å². The van der Waals surface area contributed by atoms with Gasteiger partial charge in [-0.25, -0.2) is 4.98 Å². The van der Waals surface area contributed by atoms with E-state index in [0.29, 0.717) is 21.5 Å². The van der Waals surface area contributed by atoms with Crippen molar-refractivity contribution in [3.63, 3.8) is 0 Å². The second-order valence-corrected chi connectivity index (χ2v) is 5.42. The highest BCUT2D eigenvalue weighted by Crippen LogP contribution is 2.30. The average molecular weight is 305 g/mol. The fraction of sp³-hybridized carbons (Fsp3) is 0.267. The lowest BCUT2D eigenvalue weighted by Crippen LogP contribution is -2.37. The third kappa shape index (κ3) is 2.69. The molecule has 1 N–H and O–H groups in total. The van der Waals surface area contributed by atoms with Crippen molar-refractivity contribution in [1.82, 2.24) is 9.88 Å². The van der Waals surface area contributed by atoms with Crippen molar-refractivity contribution in [3.8, 4) is 0 Å². The van der Waals surface area contributed by atoms with Crippen LogP contribution in [-0.2, 0) is 4.79 Å². The van der Waals surface area contributed by atoms with Crippen LogP contribution in [0.15, 0.2) is 30.5 Å². The van der Waals surface area contributed by atoms with E-state index in [1.54, 1.807) is 12.1 Å². The van der Waals surface area contributed by atoms with Crippen LogP contribution in [0, 0.1) is 0 Å². The Labute approximate surface area is 126 Å². The zero-order chi connectivity index (χ0) is 15.0. The normalized spacial score (nSPS) is 14.1. The molecule has 0 aliphatic heterocycles. The topological polar surface area (TPSA) is 70.5 Å². The summed E-state index contributed by atoms with van der Waals surface area (Å²) in [6.07, 6.45) is 3.11. The maximum Gasteiger partial charge on any atom is 0.323 e. The quantitative estimate of drug-likeness (QED) is 0.881. The van der Waals surface area contributed by atoms with Gasteiger partial charge in [-0.15, -0.1) is 0 Å². The Morgan fingerprint density at radius 1 is 1.29 bits per heavy atom. The Hall–Kier alpha value is -2.14.